The number of hydrogen-bond acceptors (Lipinski definition) is 4. The molecule has 0 radical (unpaired) electrons. The summed E-state index contributed by atoms with van der Waals surface area (Å²) in [5, 5.41) is 12.1. The molecule has 5 nitrogen and oxygen atoms in total. The van der Waals surface area contributed by atoms with Crippen LogP contribution in [0.2, 0.25) is 0 Å². The molecule has 1 aliphatic rings. The van der Waals surface area contributed by atoms with Gasteiger partial charge < -0.3 is 15.0 Å². The predicted octanol–water partition coefficient (Wildman–Crippen LogP) is 1.40. The number of nitriles is 1. The minimum Gasteiger partial charge on any atom is -0.384 e. The number of hydrogen-bond donors (Lipinski definition) is 1. The Morgan fingerprint density at radius 1 is 1.45 bits per heavy atom. The molecule has 0 aromatic rings. The number of carbonyl (C=O) groups is 1. The van der Waals surface area contributed by atoms with Crippen LogP contribution in [-0.4, -0.2) is 50.7 Å². The van der Waals surface area contributed by atoms with Crippen molar-refractivity contribution in [2.75, 3.05) is 39.9 Å². The summed E-state index contributed by atoms with van der Waals surface area (Å²) in [5.41, 5.74) is -0.412. The van der Waals surface area contributed by atoms with Gasteiger partial charge in [-0.05, 0) is 31.8 Å². The van der Waals surface area contributed by atoms with E-state index < -0.39 is 5.41 Å². The second kappa shape index (κ2) is 8.23. The van der Waals surface area contributed by atoms with E-state index in [0.717, 1.165) is 25.9 Å². The largest absolute Gasteiger partial charge is 0.384 e. The third-order valence-electron chi connectivity index (χ3n) is 3.80. The summed E-state index contributed by atoms with van der Waals surface area (Å²) in [7, 11) is 1.65. The van der Waals surface area contributed by atoms with Gasteiger partial charge in [-0.1, -0.05) is 13.8 Å². The van der Waals surface area contributed by atoms with E-state index in [1.165, 1.54) is 0 Å². The van der Waals surface area contributed by atoms with Gasteiger partial charge in [0.15, 0.2) is 0 Å². The fourth-order valence-corrected chi connectivity index (χ4v) is 2.84. The number of nitrogens with one attached hydrogen (secondary N) is 1. The number of rotatable bonds is 7. The summed E-state index contributed by atoms with van der Waals surface area (Å²) in [4.78, 5) is 14.8. The molecule has 0 spiro atoms. The topological polar surface area (TPSA) is 65.4 Å². The number of piperidine rings is 1. The highest BCUT2D eigenvalue weighted by Crippen LogP contribution is 2.32. The smallest absolute Gasteiger partial charge is 0.231 e. The van der Waals surface area contributed by atoms with Crippen molar-refractivity contribution < 1.29 is 9.53 Å². The normalized spacial score (nSPS) is 17.8. The zero-order chi connectivity index (χ0) is 15.0. The lowest BCUT2D eigenvalue weighted by Crippen LogP contribution is -2.52. The molecule has 1 N–H and O–H groups in total. The highest BCUT2D eigenvalue weighted by atomic mass is 16.5. The second-order valence-electron chi connectivity index (χ2n) is 6.02. The van der Waals surface area contributed by atoms with Crippen LogP contribution in [0.5, 0.6) is 0 Å². The van der Waals surface area contributed by atoms with Crippen LogP contribution in [0, 0.1) is 22.7 Å². The van der Waals surface area contributed by atoms with Gasteiger partial charge in [0.2, 0.25) is 5.91 Å². The monoisotopic (exact) mass is 281 g/mol. The van der Waals surface area contributed by atoms with Crippen LogP contribution in [0.3, 0.4) is 0 Å². The van der Waals surface area contributed by atoms with Gasteiger partial charge in [-0.25, -0.2) is 0 Å². The summed E-state index contributed by atoms with van der Waals surface area (Å²) in [6.45, 7) is 7.59. The highest BCUT2D eigenvalue weighted by molar-refractivity contribution is 5.83. The maximum atomic E-state index is 13.0. The van der Waals surface area contributed by atoms with Crippen molar-refractivity contribution in [1.82, 2.24) is 10.2 Å². The first-order chi connectivity index (χ1) is 9.55. The maximum absolute atomic E-state index is 13.0. The first-order valence-corrected chi connectivity index (χ1v) is 7.41. The fraction of sp³-hybridized carbons (Fsp3) is 0.867. The van der Waals surface area contributed by atoms with E-state index in [9.17, 15) is 4.79 Å². The number of carbonyl (C=O) groups excluding carboxylic acids is 1. The molecule has 5 heteroatoms. The lowest BCUT2D eigenvalue weighted by Gasteiger charge is -2.40. The minimum absolute atomic E-state index is 0.157. The highest BCUT2D eigenvalue weighted by Gasteiger charge is 2.42. The van der Waals surface area contributed by atoms with Crippen molar-refractivity contribution in [1.29, 1.82) is 5.26 Å². The lowest BCUT2D eigenvalue weighted by molar-refractivity contribution is -0.148. The van der Waals surface area contributed by atoms with Crippen LogP contribution in [0.25, 0.3) is 0 Å². The van der Waals surface area contributed by atoms with Gasteiger partial charge in [0.05, 0.1) is 24.5 Å². The average Bonchev–Trinajstić information content (AvgIpc) is 2.43. The number of amides is 1. The SMILES string of the molecule is COCC1(C(=O)N(CCC#N)CC(C)C)CCNCC1. The molecule has 1 saturated heterocycles. The summed E-state index contributed by atoms with van der Waals surface area (Å²) >= 11 is 0. The Kier molecular flexibility index (Phi) is 6.97. The van der Waals surface area contributed by atoms with Crippen molar-refractivity contribution in [2.24, 2.45) is 11.3 Å². The van der Waals surface area contributed by atoms with Crippen LogP contribution in [0.15, 0.2) is 0 Å². The Bertz CT molecular complexity index is 338. The third kappa shape index (κ3) is 4.46. The van der Waals surface area contributed by atoms with E-state index in [1.807, 2.05) is 4.90 Å². The molecule has 20 heavy (non-hydrogen) atoms. The first kappa shape index (κ1) is 16.9. The Labute approximate surface area is 122 Å². The van der Waals surface area contributed by atoms with Gasteiger partial charge in [0.25, 0.3) is 0 Å². The standard InChI is InChI=1S/C15H27N3O2/c1-13(2)11-18(10-4-7-16)14(19)15(12-20-3)5-8-17-9-6-15/h13,17H,4-6,8-12H2,1-3H3. The van der Waals surface area contributed by atoms with Crippen LogP contribution in [-0.2, 0) is 9.53 Å². The molecule has 1 rings (SSSR count). The van der Waals surface area contributed by atoms with Gasteiger partial charge in [0, 0.05) is 20.2 Å². The van der Waals surface area contributed by atoms with Crippen LogP contribution >= 0.6 is 0 Å². The van der Waals surface area contributed by atoms with Crippen LogP contribution < -0.4 is 5.32 Å². The quantitative estimate of drug-likeness (QED) is 0.766. The van der Waals surface area contributed by atoms with E-state index in [4.69, 9.17) is 10.00 Å². The molecule has 0 aromatic heterocycles. The molecule has 1 heterocycles. The first-order valence-electron chi connectivity index (χ1n) is 7.41. The van der Waals surface area contributed by atoms with Gasteiger partial charge in [-0.3, -0.25) is 4.79 Å². The van der Waals surface area contributed by atoms with E-state index in [0.29, 0.717) is 32.0 Å². The maximum Gasteiger partial charge on any atom is 0.231 e. The van der Waals surface area contributed by atoms with Gasteiger partial charge in [0.1, 0.15) is 0 Å². The Balaban J connectivity index is 2.84. The Morgan fingerprint density at radius 3 is 2.60 bits per heavy atom. The number of methoxy groups -OCH3 is 1. The average molecular weight is 281 g/mol. The zero-order valence-electron chi connectivity index (χ0n) is 12.9. The molecule has 1 amide bonds. The molecule has 1 fully saturated rings. The molecule has 0 unspecified atom stereocenters. The molecule has 0 aromatic carbocycles. The van der Waals surface area contributed by atoms with E-state index in [-0.39, 0.29) is 5.91 Å². The van der Waals surface area contributed by atoms with Gasteiger partial charge >= 0.3 is 0 Å². The summed E-state index contributed by atoms with van der Waals surface area (Å²) in [5.74, 6) is 0.559. The molecule has 114 valence electrons. The van der Waals surface area contributed by atoms with Gasteiger partial charge in [-0.15, -0.1) is 0 Å². The minimum atomic E-state index is -0.412. The molecule has 1 aliphatic heterocycles. The fourth-order valence-electron chi connectivity index (χ4n) is 2.84. The summed E-state index contributed by atoms with van der Waals surface area (Å²) in [6.07, 6.45) is 2.00. The van der Waals surface area contributed by atoms with Crippen LogP contribution in [0.1, 0.15) is 33.1 Å². The molecular weight excluding hydrogens is 254 g/mol. The zero-order valence-corrected chi connectivity index (χ0v) is 12.9. The second-order valence-corrected chi connectivity index (χ2v) is 6.02. The van der Waals surface area contributed by atoms with Crippen LogP contribution in [0.4, 0.5) is 0 Å². The van der Waals surface area contributed by atoms with Crippen molar-refractivity contribution in [3.05, 3.63) is 0 Å². The summed E-state index contributed by atoms with van der Waals surface area (Å²) < 4.78 is 5.33. The Hall–Kier alpha value is -1.12. The number of nitrogens with zero attached hydrogens (tertiary/aromatic N) is 2. The Morgan fingerprint density at radius 2 is 2.10 bits per heavy atom. The van der Waals surface area contributed by atoms with E-state index in [1.54, 1.807) is 7.11 Å². The van der Waals surface area contributed by atoms with Crippen molar-refractivity contribution in [2.45, 2.75) is 33.1 Å². The van der Waals surface area contributed by atoms with Crippen molar-refractivity contribution in [3.8, 4) is 6.07 Å². The predicted molar refractivity (Wildman–Crippen MR) is 78.1 cm³/mol. The van der Waals surface area contributed by atoms with E-state index >= 15 is 0 Å². The van der Waals surface area contributed by atoms with Gasteiger partial charge in [-0.2, -0.15) is 5.26 Å². The summed E-state index contributed by atoms with van der Waals surface area (Å²) in [6, 6.07) is 2.14. The molecule has 0 aliphatic carbocycles. The number of ether oxygens (including phenoxy) is 1. The molecule has 0 atom stereocenters. The van der Waals surface area contributed by atoms with Crippen molar-refractivity contribution >= 4 is 5.91 Å². The molecule has 0 saturated carbocycles. The third-order valence-corrected chi connectivity index (χ3v) is 3.80. The lowest BCUT2D eigenvalue weighted by atomic mass is 9.78. The van der Waals surface area contributed by atoms with E-state index in [2.05, 4.69) is 25.2 Å². The molecule has 0 bridgehead atoms. The molecular formula is C15H27N3O2. The van der Waals surface area contributed by atoms with Crippen molar-refractivity contribution in [3.63, 3.8) is 0 Å².